The summed E-state index contributed by atoms with van der Waals surface area (Å²) in [6, 6.07) is 0. The molecule has 0 aliphatic rings. The van der Waals surface area contributed by atoms with Crippen LogP contribution in [0.1, 0.15) is 13.3 Å². The van der Waals surface area contributed by atoms with Gasteiger partial charge < -0.3 is 0 Å². The summed E-state index contributed by atoms with van der Waals surface area (Å²) >= 11 is 0. The molecule has 0 unspecified atom stereocenters. The topological polar surface area (TPSA) is 20.3 Å². The van der Waals surface area contributed by atoms with Crippen LogP contribution in [-0.4, -0.2) is 24.4 Å². The normalized spacial score (nSPS) is 9.22. The molecule has 0 aromatic carbocycles. The van der Waals surface area contributed by atoms with Crippen molar-refractivity contribution in [1.29, 1.82) is 0 Å². The van der Waals surface area contributed by atoms with Gasteiger partial charge in [-0.15, -0.1) is 0 Å². The number of hydrogen-bond acceptors (Lipinski definition) is 1. The fourth-order valence-corrected chi connectivity index (χ4v) is 0.389. The summed E-state index contributed by atoms with van der Waals surface area (Å²) in [5, 5.41) is 0. The van der Waals surface area contributed by atoms with Crippen LogP contribution in [0.5, 0.6) is 0 Å². The zero-order valence-electron chi connectivity index (χ0n) is 5.23. The minimum absolute atomic E-state index is 0.147. The maximum atomic E-state index is 11.6. The molecule has 54 valence electrons. The maximum Gasteiger partial charge on any atom is 0.226 e. The maximum absolute atomic E-state index is 11.6. The van der Waals surface area contributed by atoms with Gasteiger partial charge in [0, 0.05) is 6.42 Å². The van der Waals surface area contributed by atoms with Crippen LogP contribution in [0, 0.1) is 0 Å². The molecule has 4 heteroatoms. The summed E-state index contributed by atoms with van der Waals surface area (Å²) in [5.74, 6) is -0.500. The lowest BCUT2D eigenvalue weighted by molar-refractivity contribution is -0.134. The number of rotatable bonds is 3. The second-order valence-electron chi connectivity index (χ2n) is 1.53. The number of nitrogens with zero attached hydrogens (tertiary/aromatic N) is 1. The van der Waals surface area contributed by atoms with E-state index in [1.807, 2.05) is 0 Å². The SMILES string of the molecule is CCC(=O)N(CF)CF. The van der Waals surface area contributed by atoms with Crippen molar-refractivity contribution in [3.8, 4) is 0 Å². The molecule has 0 bridgehead atoms. The van der Waals surface area contributed by atoms with Gasteiger partial charge in [0.15, 0.2) is 13.6 Å². The highest BCUT2D eigenvalue weighted by Crippen LogP contribution is 1.93. The van der Waals surface area contributed by atoms with Crippen LogP contribution in [0.15, 0.2) is 0 Å². The van der Waals surface area contributed by atoms with Crippen molar-refractivity contribution >= 4 is 5.91 Å². The second kappa shape index (κ2) is 4.23. The fourth-order valence-electron chi connectivity index (χ4n) is 0.389. The third kappa shape index (κ3) is 2.39. The molecule has 2 nitrogen and oxygen atoms in total. The van der Waals surface area contributed by atoms with E-state index in [9.17, 15) is 13.6 Å². The van der Waals surface area contributed by atoms with Gasteiger partial charge in [0.2, 0.25) is 5.91 Å². The monoisotopic (exact) mass is 137 g/mol. The quantitative estimate of drug-likeness (QED) is 0.533. The highest BCUT2D eigenvalue weighted by atomic mass is 19.1. The molecular weight excluding hydrogens is 128 g/mol. The van der Waals surface area contributed by atoms with Gasteiger partial charge in [-0.05, 0) is 0 Å². The Balaban J connectivity index is 3.64. The zero-order valence-corrected chi connectivity index (χ0v) is 5.23. The number of amides is 1. The molecule has 0 aromatic rings. The average molecular weight is 137 g/mol. The fraction of sp³-hybridized carbons (Fsp3) is 0.800. The zero-order chi connectivity index (χ0) is 7.28. The molecule has 0 atom stereocenters. The van der Waals surface area contributed by atoms with Crippen molar-refractivity contribution in [1.82, 2.24) is 4.90 Å². The Labute approximate surface area is 52.5 Å². The molecule has 0 fully saturated rings. The molecule has 0 aromatic heterocycles. The van der Waals surface area contributed by atoms with Crippen molar-refractivity contribution < 1.29 is 13.6 Å². The Morgan fingerprint density at radius 1 is 1.44 bits per heavy atom. The van der Waals surface area contributed by atoms with Gasteiger partial charge >= 0.3 is 0 Å². The van der Waals surface area contributed by atoms with Gasteiger partial charge in [0.05, 0.1) is 0 Å². The molecule has 0 radical (unpaired) electrons. The van der Waals surface area contributed by atoms with E-state index in [2.05, 4.69) is 0 Å². The lowest BCUT2D eigenvalue weighted by Crippen LogP contribution is -2.28. The van der Waals surface area contributed by atoms with E-state index in [1.54, 1.807) is 6.92 Å². The van der Waals surface area contributed by atoms with Crippen LogP contribution in [-0.2, 0) is 4.79 Å². The van der Waals surface area contributed by atoms with E-state index < -0.39 is 19.5 Å². The van der Waals surface area contributed by atoms with Crippen molar-refractivity contribution in [2.75, 3.05) is 13.6 Å². The Morgan fingerprint density at radius 3 is 2.00 bits per heavy atom. The first-order valence-corrected chi connectivity index (χ1v) is 2.66. The number of hydrogen-bond donors (Lipinski definition) is 0. The summed E-state index contributed by atoms with van der Waals surface area (Å²) < 4.78 is 23.1. The highest BCUT2D eigenvalue weighted by Gasteiger charge is 2.08. The lowest BCUT2D eigenvalue weighted by atomic mass is 10.4. The van der Waals surface area contributed by atoms with Crippen LogP contribution in [0.3, 0.4) is 0 Å². The summed E-state index contributed by atoms with van der Waals surface area (Å²) in [4.78, 5) is 10.9. The second-order valence-corrected chi connectivity index (χ2v) is 1.53. The van der Waals surface area contributed by atoms with Gasteiger partial charge in [-0.1, -0.05) is 6.92 Å². The number of carbonyl (C=O) groups excluding carboxylic acids is 1. The first-order valence-electron chi connectivity index (χ1n) is 2.66. The minimum Gasteiger partial charge on any atom is -0.286 e. The Hall–Kier alpha value is -0.670. The van der Waals surface area contributed by atoms with E-state index in [1.165, 1.54) is 0 Å². The van der Waals surface area contributed by atoms with Gasteiger partial charge in [-0.2, -0.15) is 0 Å². The van der Waals surface area contributed by atoms with Crippen molar-refractivity contribution in [2.24, 2.45) is 0 Å². The van der Waals surface area contributed by atoms with Crippen LogP contribution in [0.25, 0.3) is 0 Å². The summed E-state index contributed by atoms with van der Waals surface area (Å²) in [6.07, 6.45) is 0.147. The predicted molar refractivity (Wildman–Crippen MR) is 29.1 cm³/mol. The minimum atomic E-state index is -1.04. The van der Waals surface area contributed by atoms with Crippen LogP contribution in [0.2, 0.25) is 0 Å². The van der Waals surface area contributed by atoms with Crippen molar-refractivity contribution in [2.45, 2.75) is 13.3 Å². The molecule has 1 amide bonds. The smallest absolute Gasteiger partial charge is 0.226 e. The van der Waals surface area contributed by atoms with Crippen LogP contribution >= 0.6 is 0 Å². The summed E-state index contributed by atoms with van der Waals surface area (Å²) in [5.41, 5.74) is 0. The van der Waals surface area contributed by atoms with Gasteiger partial charge in [0.25, 0.3) is 0 Å². The standard InChI is InChI=1S/C5H9F2NO/c1-2-5(9)8(3-6)4-7/h2-4H2,1H3. The van der Waals surface area contributed by atoms with E-state index in [4.69, 9.17) is 0 Å². The highest BCUT2D eigenvalue weighted by molar-refractivity contribution is 5.75. The number of alkyl halides is 2. The Bertz CT molecular complexity index is 93.0. The number of halogens is 2. The number of carbonyl (C=O) groups is 1. The molecule has 0 N–H and O–H groups in total. The largest absolute Gasteiger partial charge is 0.286 e. The Morgan fingerprint density at radius 2 is 1.89 bits per heavy atom. The molecule has 0 rings (SSSR count). The molecule has 0 saturated heterocycles. The molecule has 0 saturated carbocycles. The van der Waals surface area contributed by atoms with E-state index in [0.29, 0.717) is 4.90 Å². The Kier molecular flexibility index (Phi) is 3.92. The van der Waals surface area contributed by atoms with E-state index >= 15 is 0 Å². The molecule has 0 aliphatic carbocycles. The van der Waals surface area contributed by atoms with Crippen LogP contribution < -0.4 is 0 Å². The van der Waals surface area contributed by atoms with Gasteiger partial charge in [0.1, 0.15) is 0 Å². The molecule has 0 aliphatic heterocycles. The first-order chi connectivity index (χ1) is 4.26. The van der Waals surface area contributed by atoms with E-state index in [-0.39, 0.29) is 6.42 Å². The summed E-state index contributed by atoms with van der Waals surface area (Å²) in [7, 11) is 0. The molecular formula is C5H9F2NO. The average Bonchev–Trinajstić information content (AvgIpc) is 1.90. The lowest BCUT2D eigenvalue weighted by Gasteiger charge is -2.11. The molecule has 0 spiro atoms. The van der Waals surface area contributed by atoms with Crippen molar-refractivity contribution in [3.63, 3.8) is 0 Å². The molecule has 0 heterocycles. The van der Waals surface area contributed by atoms with Gasteiger partial charge in [-0.3, -0.25) is 9.69 Å². The predicted octanol–water partition coefficient (Wildman–Crippen LogP) is 1.08. The van der Waals surface area contributed by atoms with Crippen LogP contribution in [0.4, 0.5) is 8.78 Å². The summed E-state index contributed by atoms with van der Waals surface area (Å²) in [6.45, 7) is -0.521. The third-order valence-corrected chi connectivity index (χ3v) is 0.944. The molecule has 9 heavy (non-hydrogen) atoms. The van der Waals surface area contributed by atoms with Gasteiger partial charge in [-0.25, -0.2) is 8.78 Å². The van der Waals surface area contributed by atoms with E-state index in [0.717, 1.165) is 0 Å². The first kappa shape index (κ1) is 8.33. The third-order valence-electron chi connectivity index (χ3n) is 0.944. The van der Waals surface area contributed by atoms with Crippen molar-refractivity contribution in [3.05, 3.63) is 0 Å².